The van der Waals surface area contributed by atoms with Gasteiger partial charge in [0, 0.05) is 41.8 Å². The molecule has 0 saturated heterocycles. The van der Waals surface area contributed by atoms with E-state index in [4.69, 9.17) is 17.2 Å². The van der Waals surface area contributed by atoms with E-state index in [1.807, 2.05) is 70.3 Å². The van der Waals surface area contributed by atoms with Crippen molar-refractivity contribution >= 4 is 17.0 Å². The van der Waals surface area contributed by atoms with E-state index in [0.717, 1.165) is 66.7 Å². The van der Waals surface area contributed by atoms with Crippen LogP contribution in [-0.2, 0) is 23.8 Å². The molecule has 0 spiro atoms. The lowest BCUT2D eigenvalue weighted by Gasteiger charge is -2.20. The molecule has 0 saturated carbocycles. The second-order valence-corrected chi connectivity index (χ2v) is 14.1. The monoisotopic (exact) mass is 632 g/mol. The van der Waals surface area contributed by atoms with Gasteiger partial charge in [-0.2, -0.15) is 4.98 Å². The smallest absolute Gasteiger partial charge is 0.354 e. The van der Waals surface area contributed by atoms with E-state index in [9.17, 15) is 9.18 Å². The van der Waals surface area contributed by atoms with Gasteiger partial charge in [-0.3, -0.25) is 9.56 Å². The van der Waals surface area contributed by atoms with Gasteiger partial charge >= 0.3 is 5.69 Å². The summed E-state index contributed by atoms with van der Waals surface area (Å²) >= 11 is 0. The fourth-order valence-electron chi connectivity index (χ4n) is 4.93. The van der Waals surface area contributed by atoms with Crippen molar-refractivity contribution in [1.29, 1.82) is 0 Å². The van der Waals surface area contributed by atoms with Crippen molar-refractivity contribution < 1.29 is 4.39 Å². The molecule has 9 nitrogen and oxygen atoms in total. The Kier molecular flexibility index (Phi) is 12.7. The summed E-state index contributed by atoms with van der Waals surface area (Å²) in [6.45, 7) is 16.7. The number of nitrogens with one attached hydrogen (secondary N) is 2. The number of nitrogens with two attached hydrogens (primary N) is 3. The first-order chi connectivity index (χ1) is 21.5. The molecule has 2 aromatic heterocycles. The van der Waals surface area contributed by atoms with Gasteiger partial charge in [-0.15, -0.1) is 0 Å². The van der Waals surface area contributed by atoms with Crippen molar-refractivity contribution in [2.24, 2.45) is 22.2 Å². The van der Waals surface area contributed by atoms with Crippen LogP contribution in [-0.4, -0.2) is 39.6 Å². The molecule has 0 aliphatic carbocycles. The first-order valence-electron chi connectivity index (χ1n) is 16.1. The Hall–Kier alpha value is -4.02. The van der Waals surface area contributed by atoms with Crippen LogP contribution in [0.2, 0.25) is 0 Å². The number of fused-ring (bicyclic) bond motifs is 1. The second kappa shape index (κ2) is 16.0. The van der Waals surface area contributed by atoms with E-state index in [1.54, 1.807) is 10.6 Å². The Morgan fingerprint density at radius 1 is 1.00 bits per heavy atom. The number of aliphatic imine (C=N–C) groups is 1. The first-order valence-corrected chi connectivity index (χ1v) is 16.1. The number of aromatic nitrogens is 3. The van der Waals surface area contributed by atoms with Gasteiger partial charge < -0.3 is 27.5 Å². The molecule has 250 valence electrons. The molecule has 0 aliphatic heterocycles. The fraction of sp³-hybridized carbons (Fsp3) is 0.472. The summed E-state index contributed by atoms with van der Waals surface area (Å²) in [5.74, 6) is 0.0196. The van der Waals surface area contributed by atoms with Gasteiger partial charge in [0.15, 0.2) is 5.96 Å². The first kappa shape index (κ1) is 36.4. The number of nitrogens with zero attached hydrogens (tertiary/aromatic N) is 3. The van der Waals surface area contributed by atoms with Crippen molar-refractivity contribution in [3.05, 3.63) is 93.4 Å². The van der Waals surface area contributed by atoms with Gasteiger partial charge in [0.05, 0.1) is 5.69 Å². The molecule has 0 aliphatic rings. The van der Waals surface area contributed by atoms with Crippen LogP contribution in [0.4, 0.5) is 4.39 Å². The van der Waals surface area contributed by atoms with Gasteiger partial charge in [0.1, 0.15) is 11.5 Å². The lowest BCUT2D eigenvalue weighted by Crippen LogP contribution is -2.23. The predicted molar refractivity (Wildman–Crippen MR) is 189 cm³/mol. The zero-order chi connectivity index (χ0) is 34.1. The maximum Gasteiger partial charge on any atom is 0.354 e. The van der Waals surface area contributed by atoms with Crippen LogP contribution >= 0.6 is 0 Å². The highest BCUT2D eigenvalue weighted by atomic mass is 19.1. The average Bonchev–Trinajstić information content (AvgIpc) is 3.39. The summed E-state index contributed by atoms with van der Waals surface area (Å²) in [6, 6.07) is 15.6. The van der Waals surface area contributed by atoms with Crippen molar-refractivity contribution in [1.82, 2.24) is 19.9 Å². The fourth-order valence-corrected chi connectivity index (χ4v) is 4.93. The molecule has 2 heterocycles. The third kappa shape index (κ3) is 11.1. The Labute approximate surface area is 272 Å². The standard InChI is InChI=1S/C21H29N7O.C15H24FN/c1-21(2,3)17-11-15-13-28(20(29)27-18(15)26-17)16-7-5-14(6-8-16)12-24-9-4-10-25-19(22)23;1-11(17)6-5-7-12-8-9-14(16)13(10-12)15(2,3)4/h5-8,11,13,24H,4,9-10,12H2,1-3H3,(H4,22,23,25)(H,26,27,29);8-11H,5-7,17H2,1-4H3/t;11-/m.0/s1. The molecule has 8 N–H and O–H groups in total. The number of rotatable bonds is 11. The normalized spacial score (nSPS) is 12.5. The number of aryl methyl sites for hydroxylation is 1. The lowest BCUT2D eigenvalue weighted by atomic mass is 9.85. The molecule has 4 aromatic rings. The predicted octanol–water partition coefficient (Wildman–Crippen LogP) is 5.56. The van der Waals surface area contributed by atoms with Gasteiger partial charge in [0.2, 0.25) is 0 Å². The summed E-state index contributed by atoms with van der Waals surface area (Å²) in [7, 11) is 0. The highest BCUT2D eigenvalue weighted by molar-refractivity contribution is 5.76. The van der Waals surface area contributed by atoms with Crippen LogP contribution in [0.5, 0.6) is 0 Å². The maximum atomic E-state index is 13.7. The van der Waals surface area contributed by atoms with Crippen molar-refractivity contribution in [2.45, 2.75) is 97.6 Å². The lowest BCUT2D eigenvalue weighted by molar-refractivity contribution is 0.521. The van der Waals surface area contributed by atoms with Gasteiger partial charge in [-0.25, -0.2) is 9.18 Å². The Morgan fingerprint density at radius 2 is 1.67 bits per heavy atom. The highest BCUT2D eigenvalue weighted by Crippen LogP contribution is 2.27. The number of guanidine groups is 1. The van der Waals surface area contributed by atoms with Crippen LogP contribution in [0.25, 0.3) is 16.7 Å². The average molecular weight is 633 g/mol. The topological polar surface area (TPSA) is 153 Å². The summed E-state index contributed by atoms with van der Waals surface area (Å²) in [4.78, 5) is 23.9. The molecule has 0 bridgehead atoms. The minimum atomic E-state index is -0.301. The molecule has 46 heavy (non-hydrogen) atoms. The summed E-state index contributed by atoms with van der Waals surface area (Å²) in [5, 5.41) is 4.27. The van der Waals surface area contributed by atoms with E-state index in [2.05, 4.69) is 47.1 Å². The van der Waals surface area contributed by atoms with Crippen molar-refractivity contribution in [3.63, 3.8) is 0 Å². The molecule has 0 fully saturated rings. The molecule has 0 radical (unpaired) electrons. The number of aromatic amines is 1. The third-order valence-electron chi connectivity index (χ3n) is 7.63. The molecule has 4 rings (SSSR count). The molecule has 2 aromatic carbocycles. The quantitative estimate of drug-likeness (QED) is 0.0829. The van der Waals surface area contributed by atoms with E-state index in [-0.39, 0.29) is 34.3 Å². The van der Waals surface area contributed by atoms with Crippen LogP contribution in [0, 0.1) is 5.82 Å². The molecule has 0 amide bonds. The number of hydrogen-bond acceptors (Lipinski definition) is 5. The summed E-state index contributed by atoms with van der Waals surface area (Å²) in [6.07, 6.45) is 5.76. The van der Waals surface area contributed by atoms with Crippen molar-refractivity contribution in [2.75, 3.05) is 13.1 Å². The molecular weight excluding hydrogens is 579 g/mol. The van der Waals surface area contributed by atoms with Crippen LogP contribution in [0.3, 0.4) is 0 Å². The van der Waals surface area contributed by atoms with Gasteiger partial charge in [-0.1, -0.05) is 65.8 Å². The van der Waals surface area contributed by atoms with E-state index in [1.165, 1.54) is 5.56 Å². The maximum absolute atomic E-state index is 13.7. The molecule has 0 unspecified atom stereocenters. The second-order valence-electron chi connectivity index (χ2n) is 14.1. The number of halogens is 1. The minimum Gasteiger partial charge on any atom is -0.370 e. The van der Waals surface area contributed by atoms with Crippen LogP contribution in [0.15, 0.2) is 64.5 Å². The Morgan fingerprint density at radius 3 is 2.28 bits per heavy atom. The minimum absolute atomic E-state index is 0.0352. The largest absolute Gasteiger partial charge is 0.370 e. The molecule has 1 atom stereocenters. The van der Waals surface area contributed by atoms with Crippen LogP contribution < -0.4 is 28.2 Å². The van der Waals surface area contributed by atoms with Crippen LogP contribution in [0.1, 0.15) is 90.1 Å². The van der Waals surface area contributed by atoms with Gasteiger partial charge in [-0.05, 0) is 85.5 Å². The van der Waals surface area contributed by atoms with E-state index >= 15 is 0 Å². The highest BCUT2D eigenvalue weighted by Gasteiger charge is 2.19. The number of H-pyrrole nitrogens is 1. The van der Waals surface area contributed by atoms with Gasteiger partial charge in [0.25, 0.3) is 0 Å². The SMILES string of the molecule is CC(C)(C)c1cc2cn(-c3ccc(CNCCCN=C(N)N)cc3)c(=O)nc2[nH]1.C[C@H](N)CCCc1ccc(F)c(C(C)(C)C)c1. The van der Waals surface area contributed by atoms with E-state index < -0.39 is 0 Å². The third-order valence-corrected chi connectivity index (χ3v) is 7.63. The Balaban J connectivity index is 0.000000289. The van der Waals surface area contributed by atoms with E-state index in [0.29, 0.717) is 12.2 Å². The molecule has 10 heteroatoms. The Bertz CT molecular complexity index is 1640. The van der Waals surface area contributed by atoms with Crippen molar-refractivity contribution in [3.8, 4) is 5.69 Å². The zero-order valence-corrected chi connectivity index (χ0v) is 28.6. The summed E-state index contributed by atoms with van der Waals surface area (Å²) < 4.78 is 15.3. The number of benzene rings is 2. The summed E-state index contributed by atoms with van der Waals surface area (Å²) in [5.41, 5.74) is 21.5. The molecular formula is C36H53FN8O. The number of hydrogen-bond donors (Lipinski definition) is 5. The zero-order valence-electron chi connectivity index (χ0n) is 28.6.